The maximum atomic E-state index is 13.3. The number of hydrogen-bond acceptors (Lipinski definition) is 4. The Labute approximate surface area is 115 Å². The molecule has 1 aromatic rings. The lowest BCUT2D eigenvalue weighted by atomic mass is 10.2. The summed E-state index contributed by atoms with van der Waals surface area (Å²) >= 11 is 0. The van der Waals surface area contributed by atoms with Crippen LogP contribution in [0.2, 0.25) is 0 Å². The highest BCUT2D eigenvalue weighted by molar-refractivity contribution is 7.89. The summed E-state index contributed by atoms with van der Waals surface area (Å²) in [6.07, 6.45) is 0.511. The normalized spacial score (nSPS) is 17.6. The Hall–Kier alpha value is -1.51. The third-order valence-corrected chi connectivity index (χ3v) is 4.91. The zero-order valence-corrected chi connectivity index (χ0v) is 11.4. The second-order valence-corrected chi connectivity index (χ2v) is 6.22. The molecule has 1 aromatic carbocycles. The molecule has 20 heavy (non-hydrogen) atoms. The maximum absolute atomic E-state index is 13.3. The molecule has 1 saturated heterocycles. The van der Waals surface area contributed by atoms with Gasteiger partial charge in [-0.2, -0.15) is 4.31 Å². The molecule has 0 atom stereocenters. The van der Waals surface area contributed by atoms with Gasteiger partial charge in [0.05, 0.1) is 17.1 Å². The highest BCUT2D eigenvalue weighted by Crippen LogP contribution is 2.22. The average molecular weight is 303 g/mol. The number of hydrogen-bond donors (Lipinski definition) is 1. The minimum Gasteiger partial charge on any atom is -0.478 e. The predicted molar refractivity (Wildman–Crippen MR) is 67.6 cm³/mol. The lowest BCUT2D eigenvalue weighted by molar-refractivity contribution is 0.0692. The molecule has 0 amide bonds. The highest BCUT2D eigenvalue weighted by Gasteiger charge is 2.30. The zero-order valence-electron chi connectivity index (χ0n) is 10.6. The summed E-state index contributed by atoms with van der Waals surface area (Å²) in [6, 6.07) is 2.62. The fourth-order valence-corrected chi connectivity index (χ4v) is 3.65. The van der Waals surface area contributed by atoms with Crippen molar-refractivity contribution in [2.24, 2.45) is 0 Å². The van der Waals surface area contributed by atoms with Crippen molar-refractivity contribution in [2.75, 3.05) is 26.3 Å². The SMILES string of the molecule is O=C(O)c1ccc(F)cc1S(=O)(=O)N1CCCOCC1. The molecular weight excluding hydrogens is 289 g/mol. The second-order valence-electron chi connectivity index (χ2n) is 4.32. The Kier molecular flexibility index (Phi) is 4.36. The molecule has 110 valence electrons. The van der Waals surface area contributed by atoms with Crippen molar-refractivity contribution in [1.29, 1.82) is 0 Å². The van der Waals surface area contributed by atoms with Crippen LogP contribution in [0, 0.1) is 5.82 Å². The van der Waals surface area contributed by atoms with Crippen molar-refractivity contribution in [3.63, 3.8) is 0 Å². The molecule has 1 fully saturated rings. The van der Waals surface area contributed by atoms with Crippen molar-refractivity contribution in [3.8, 4) is 0 Å². The fourth-order valence-electron chi connectivity index (χ4n) is 1.99. The van der Waals surface area contributed by atoms with Crippen LogP contribution in [0.25, 0.3) is 0 Å². The van der Waals surface area contributed by atoms with E-state index in [1.54, 1.807) is 0 Å². The van der Waals surface area contributed by atoms with Gasteiger partial charge in [-0.25, -0.2) is 17.6 Å². The number of aromatic carboxylic acids is 1. The van der Waals surface area contributed by atoms with E-state index in [0.29, 0.717) is 13.0 Å². The molecule has 0 saturated carbocycles. The summed E-state index contributed by atoms with van der Waals surface area (Å²) in [5, 5.41) is 9.04. The number of sulfonamides is 1. The van der Waals surface area contributed by atoms with Gasteiger partial charge in [0.25, 0.3) is 0 Å². The van der Waals surface area contributed by atoms with Gasteiger partial charge in [0, 0.05) is 19.7 Å². The van der Waals surface area contributed by atoms with E-state index in [0.717, 1.165) is 22.5 Å². The largest absolute Gasteiger partial charge is 0.478 e. The molecule has 1 aliphatic rings. The number of carboxylic acids is 1. The minimum absolute atomic E-state index is 0.123. The van der Waals surface area contributed by atoms with Crippen molar-refractivity contribution < 1.29 is 27.4 Å². The minimum atomic E-state index is -4.05. The van der Waals surface area contributed by atoms with Gasteiger partial charge >= 0.3 is 5.97 Å². The van der Waals surface area contributed by atoms with Crippen LogP contribution in [0.1, 0.15) is 16.8 Å². The molecule has 0 aromatic heterocycles. The van der Waals surface area contributed by atoms with Crippen molar-refractivity contribution in [3.05, 3.63) is 29.6 Å². The van der Waals surface area contributed by atoms with Crippen LogP contribution in [0.4, 0.5) is 4.39 Å². The van der Waals surface area contributed by atoms with Crippen molar-refractivity contribution in [2.45, 2.75) is 11.3 Å². The Morgan fingerprint density at radius 3 is 2.75 bits per heavy atom. The molecule has 0 spiro atoms. The van der Waals surface area contributed by atoms with Crippen LogP contribution in [0.3, 0.4) is 0 Å². The van der Waals surface area contributed by atoms with Crippen molar-refractivity contribution in [1.82, 2.24) is 4.31 Å². The predicted octanol–water partition coefficient (Wildman–Crippen LogP) is 0.935. The fraction of sp³-hybridized carbons (Fsp3) is 0.417. The van der Waals surface area contributed by atoms with E-state index < -0.39 is 32.3 Å². The van der Waals surface area contributed by atoms with Crippen LogP contribution in [0.5, 0.6) is 0 Å². The van der Waals surface area contributed by atoms with E-state index in [4.69, 9.17) is 9.84 Å². The quantitative estimate of drug-likeness (QED) is 0.898. The number of ether oxygens (including phenoxy) is 1. The molecule has 1 N–H and O–H groups in total. The average Bonchev–Trinajstić information content (AvgIpc) is 2.67. The standard InChI is InChI=1S/C12H14FNO5S/c13-9-2-3-10(12(15)16)11(8-9)20(17,18)14-4-1-6-19-7-5-14/h2-3,8H,1,4-7H2,(H,15,16). The monoisotopic (exact) mass is 303 g/mol. The van der Waals surface area contributed by atoms with E-state index in [1.807, 2.05) is 0 Å². The van der Waals surface area contributed by atoms with E-state index >= 15 is 0 Å². The first kappa shape index (κ1) is 14.9. The number of carbonyl (C=O) groups is 1. The number of benzene rings is 1. The maximum Gasteiger partial charge on any atom is 0.337 e. The molecule has 0 aliphatic carbocycles. The lowest BCUT2D eigenvalue weighted by Gasteiger charge is -2.20. The number of rotatable bonds is 3. The number of halogens is 1. The molecule has 1 aliphatic heterocycles. The highest BCUT2D eigenvalue weighted by atomic mass is 32.2. The van der Waals surface area contributed by atoms with Gasteiger partial charge in [-0.1, -0.05) is 0 Å². The Morgan fingerprint density at radius 2 is 2.05 bits per heavy atom. The molecule has 1 heterocycles. The first-order chi connectivity index (χ1) is 9.43. The molecule has 6 nitrogen and oxygen atoms in total. The Morgan fingerprint density at radius 1 is 1.30 bits per heavy atom. The summed E-state index contributed by atoms with van der Waals surface area (Å²) in [5.41, 5.74) is -0.434. The van der Waals surface area contributed by atoms with E-state index in [2.05, 4.69) is 0 Å². The second kappa shape index (κ2) is 5.86. The van der Waals surface area contributed by atoms with Crippen LogP contribution >= 0.6 is 0 Å². The molecule has 8 heteroatoms. The smallest absolute Gasteiger partial charge is 0.337 e. The van der Waals surface area contributed by atoms with E-state index in [1.165, 1.54) is 0 Å². The van der Waals surface area contributed by atoms with Gasteiger partial charge in [0.15, 0.2) is 0 Å². The van der Waals surface area contributed by atoms with Gasteiger partial charge in [-0.05, 0) is 24.6 Å². The topological polar surface area (TPSA) is 83.9 Å². The van der Waals surface area contributed by atoms with Crippen LogP contribution in [-0.2, 0) is 14.8 Å². The summed E-state index contributed by atoms with van der Waals surface area (Å²) in [5.74, 6) is -2.20. The molecule has 0 radical (unpaired) electrons. The summed E-state index contributed by atoms with van der Waals surface area (Å²) in [6.45, 7) is 1.02. The van der Waals surface area contributed by atoms with Gasteiger partial charge in [0.1, 0.15) is 5.82 Å². The molecular formula is C12H14FNO5S. The molecule has 0 unspecified atom stereocenters. The Balaban J connectivity index is 2.47. The zero-order chi connectivity index (χ0) is 14.8. The van der Waals surface area contributed by atoms with Crippen LogP contribution < -0.4 is 0 Å². The van der Waals surface area contributed by atoms with Gasteiger partial charge < -0.3 is 9.84 Å². The first-order valence-corrected chi connectivity index (χ1v) is 7.47. The third-order valence-electron chi connectivity index (χ3n) is 2.97. The van der Waals surface area contributed by atoms with Gasteiger partial charge in [-0.15, -0.1) is 0 Å². The number of nitrogens with zero attached hydrogens (tertiary/aromatic N) is 1. The van der Waals surface area contributed by atoms with Crippen molar-refractivity contribution >= 4 is 16.0 Å². The third kappa shape index (κ3) is 2.97. The van der Waals surface area contributed by atoms with Gasteiger partial charge in [-0.3, -0.25) is 0 Å². The molecule has 2 rings (SSSR count). The molecule has 0 bridgehead atoms. The summed E-state index contributed by atoms with van der Waals surface area (Å²) < 4.78 is 44.5. The number of carboxylic acid groups (broad SMARTS) is 1. The summed E-state index contributed by atoms with van der Waals surface area (Å²) in [4.78, 5) is 10.6. The lowest BCUT2D eigenvalue weighted by Crippen LogP contribution is -2.34. The van der Waals surface area contributed by atoms with Crippen LogP contribution in [-0.4, -0.2) is 50.1 Å². The summed E-state index contributed by atoms with van der Waals surface area (Å²) in [7, 11) is -4.05. The van der Waals surface area contributed by atoms with E-state index in [9.17, 15) is 17.6 Å². The Bertz CT molecular complexity index is 608. The van der Waals surface area contributed by atoms with Crippen LogP contribution in [0.15, 0.2) is 23.1 Å². The van der Waals surface area contributed by atoms with Gasteiger partial charge in [0.2, 0.25) is 10.0 Å². The van der Waals surface area contributed by atoms with E-state index in [-0.39, 0.29) is 19.7 Å². The first-order valence-electron chi connectivity index (χ1n) is 6.03.